The molecule has 2 N–H and O–H groups in total. The summed E-state index contributed by atoms with van der Waals surface area (Å²) < 4.78 is 17.1. The van der Waals surface area contributed by atoms with Gasteiger partial charge in [0, 0.05) is 17.0 Å². The van der Waals surface area contributed by atoms with Crippen molar-refractivity contribution in [1.82, 2.24) is 24.5 Å². The predicted octanol–water partition coefficient (Wildman–Crippen LogP) is 5.18. The third-order valence-electron chi connectivity index (χ3n) is 5.15. The summed E-state index contributed by atoms with van der Waals surface area (Å²) in [5.41, 5.74) is 3.14. The second kappa shape index (κ2) is 8.74. The molecule has 2 heterocycles. The maximum atomic E-state index is 13.4. The highest BCUT2D eigenvalue weighted by Gasteiger charge is 2.22. The van der Waals surface area contributed by atoms with Gasteiger partial charge in [-0.25, -0.2) is 9.07 Å². The van der Waals surface area contributed by atoms with Crippen LogP contribution in [0.25, 0.3) is 17.1 Å². The summed E-state index contributed by atoms with van der Waals surface area (Å²) in [5.74, 6) is 0.445. The quantitative estimate of drug-likeness (QED) is 0.399. The number of aromatic nitrogens is 5. The van der Waals surface area contributed by atoms with Crippen LogP contribution in [0.4, 0.5) is 10.2 Å². The Balaban J connectivity index is 1.65. The van der Waals surface area contributed by atoms with Crippen molar-refractivity contribution >= 4 is 23.9 Å². The Kier molecular flexibility index (Phi) is 5.99. The van der Waals surface area contributed by atoms with E-state index in [0.717, 1.165) is 16.8 Å². The van der Waals surface area contributed by atoms with Gasteiger partial charge in [0.15, 0.2) is 10.6 Å². The zero-order chi connectivity index (χ0) is 23.8. The molecule has 2 aromatic carbocycles. The molecule has 2 aromatic heterocycles. The van der Waals surface area contributed by atoms with Gasteiger partial charge in [0.25, 0.3) is 0 Å². The van der Waals surface area contributed by atoms with Crippen molar-refractivity contribution in [2.45, 2.75) is 39.7 Å². The number of benzene rings is 2. The fourth-order valence-corrected chi connectivity index (χ4v) is 3.61. The zero-order valence-corrected chi connectivity index (χ0v) is 19.7. The fraction of sp³-hybridized carbons (Fsp3) is 0.250. The number of H-pyrrole nitrogens is 1. The minimum Gasteiger partial charge on any atom is -0.309 e. The number of nitrogens with one attached hydrogen (secondary N) is 2. The van der Waals surface area contributed by atoms with E-state index in [2.05, 4.69) is 20.6 Å². The van der Waals surface area contributed by atoms with Crippen molar-refractivity contribution in [2.24, 2.45) is 0 Å². The fourth-order valence-electron chi connectivity index (χ4n) is 3.41. The first kappa shape index (κ1) is 22.6. The molecule has 0 bridgehead atoms. The number of aromatic amines is 1. The lowest BCUT2D eigenvalue weighted by atomic mass is 9.92. The number of halogens is 1. The van der Waals surface area contributed by atoms with Gasteiger partial charge in [-0.3, -0.25) is 14.5 Å². The van der Waals surface area contributed by atoms with Gasteiger partial charge in [-0.05, 0) is 49.5 Å². The predicted molar refractivity (Wildman–Crippen MR) is 128 cm³/mol. The lowest BCUT2D eigenvalue weighted by Crippen LogP contribution is -2.21. The number of amides is 1. The molecular weight excluding hydrogens is 439 g/mol. The van der Waals surface area contributed by atoms with Crippen LogP contribution in [0.1, 0.15) is 32.0 Å². The van der Waals surface area contributed by atoms with E-state index in [1.807, 2.05) is 58.0 Å². The van der Waals surface area contributed by atoms with Crippen LogP contribution < -0.4 is 5.32 Å². The molecule has 0 aliphatic rings. The Bertz CT molecular complexity index is 1360. The van der Waals surface area contributed by atoms with Gasteiger partial charge in [0.05, 0.1) is 11.4 Å². The molecule has 0 saturated carbocycles. The largest absolute Gasteiger partial charge is 0.309 e. The van der Waals surface area contributed by atoms with Gasteiger partial charge in [-0.15, -0.1) is 0 Å². The molecular formula is C24H25FN6OS. The second-order valence-corrected chi connectivity index (χ2v) is 9.30. The highest BCUT2D eigenvalue weighted by molar-refractivity contribution is 7.71. The second-order valence-electron chi connectivity index (χ2n) is 8.91. The summed E-state index contributed by atoms with van der Waals surface area (Å²) in [6.45, 7) is 8.07. The van der Waals surface area contributed by atoms with Crippen molar-refractivity contribution in [3.05, 3.63) is 76.4 Å². The third kappa shape index (κ3) is 4.93. The Labute approximate surface area is 196 Å². The summed E-state index contributed by atoms with van der Waals surface area (Å²) in [6, 6.07) is 15.6. The molecule has 0 radical (unpaired) electrons. The Morgan fingerprint density at radius 1 is 1.15 bits per heavy atom. The van der Waals surface area contributed by atoms with E-state index >= 15 is 0 Å². The first-order chi connectivity index (χ1) is 15.6. The lowest BCUT2D eigenvalue weighted by Gasteiger charge is -2.14. The van der Waals surface area contributed by atoms with Crippen molar-refractivity contribution in [3.8, 4) is 17.1 Å². The summed E-state index contributed by atoms with van der Waals surface area (Å²) in [7, 11) is 0. The molecule has 0 spiro atoms. The minimum absolute atomic E-state index is 0.0297. The van der Waals surface area contributed by atoms with Crippen LogP contribution in [0.3, 0.4) is 0 Å². The number of hydrogen-bond donors (Lipinski definition) is 2. The average molecular weight is 465 g/mol. The van der Waals surface area contributed by atoms with Crippen LogP contribution in [-0.2, 0) is 16.8 Å². The van der Waals surface area contributed by atoms with Crippen LogP contribution in [-0.4, -0.2) is 30.5 Å². The molecule has 0 unspecified atom stereocenters. The number of aryl methyl sites for hydroxylation is 1. The zero-order valence-electron chi connectivity index (χ0n) is 18.9. The van der Waals surface area contributed by atoms with E-state index < -0.39 is 0 Å². The van der Waals surface area contributed by atoms with E-state index in [-0.39, 0.29) is 23.7 Å². The van der Waals surface area contributed by atoms with Crippen molar-refractivity contribution in [2.75, 3.05) is 5.32 Å². The maximum absolute atomic E-state index is 13.4. The first-order valence-electron chi connectivity index (χ1n) is 10.5. The number of anilines is 1. The van der Waals surface area contributed by atoms with Gasteiger partial charge in [0.2, 0.25) is 5.91 Å². The van der Waals surface area contributed by atoms with Crippen molar-refractivity contribution in [3.63, 3.8) is 0 Å². The van der Waals surface area contributed by atoms with E-state index in [1.165, 1.54) is 12.1 Å². The molecule has 9 heteroatoms. The summed E-state index contributed by atoms with van der Waals surface area (Å²) in [5, 5.41) is 14.7. The van der Waals surface area contributed by atoms with Gasteiger partial charge < -0.3 is 5.32 Å². The normalized spacial score (nSPS) is 11.5. The molecule has 0 saturated heterocycles. The molecule has 170 valence electrons. The van der Waals surface area contributed by atoms with Crippen LogP contribution in [0.2, 0.25) is 0 Å². The highest BCUT2D eigenvalue weighted by atomic mass is 32.1. The van der Waals surface area contributed by atoms with Crippen LogP contribution >= 0.6 is 12.2 Å². The van der Waals surface area contributed by atoms with E-state index in [4.69, 9.17) is 12.2 Å². The Hall–Kier alpha value is -3.59. The Morgan fingerprint density at radius 3 is 2.55 bits per heavy atom. The van der Waals surface area contributed by atoms with E-state index in [1.54, 1.807) is 21.4 Å². The van der Waals surface area contributed by atoms with Gasteiger partial charge in [-0.2, -0.15) is 10.2 Å². The molecule has 0 aliphatic heterocycles. The molecule has 1 amide bonds. The monoisotopic (exact) mass is 464 g/mol. The van der Waals surface area contributed by atoms with Gasteiger partial charge >= 0.3 is 0 Å². The first-order valence-corrected chi connectivity index (χ1v) is 10.9. The molecule has 0 aliphatic carbocycles. The maximum Gasteiger partial charge on any atom is 0.245 e. The Morgan fingerprint density at radius 2 is 1.88 bits per heavy atom. The number of nitrogens with zero attached hydrogens (tertiary/aromatic N) is 4. The van der Waals surface area contributed by atoms with Crippen LogP contribution in [0.15, 0.2) is 54.6 Å². The van der Waals surface area contributed by atoms with E-state index in [0.29, 0.717) is 22.1 Å². The van der Waals surface area contributed by atoms with E-state index in [9.17, 15) is 9.18 Å². The molecule has 4 rings (SSSR count). The number of carbonyl (C=O) groups excluding carboxylic acids is 1. The number of hydrogen-bond acceptors (Lipinski definition) is 4. The van der Waals surface area contributed by atoms with Gasteiger partial charge in [0.1, 0.15) is 18.2 Å². The standard InChI is InChI=1S/C24H25FN6OS/c1-15-6-5-7-16(12-15)22-27-28-23(33)30(22)14-21(32)26-20-13-19(24(2,3)4)29-31(20)18-10-8-17(25)9-11-18/h5-13H,14H2,1-4H3,(H,26,32)(H,28,33). The molecule has 4 aromatic rings. The third-order valence-corrected chi connectivity index (χ3v) is 5.46. The molecule has 7 nitrogen and oxygen atoms in total. The summed E-state index contributed by atoms with van der Waals surface area (Å²) >= 11 is 5.37. The molecule has 0 fully saturated rings. The molecule has 0 atom stereocenters. The highest BCUT2D eigenvalue weighted by Crippen LogP contribution is 2.27. The number of carbonyl (C=O) groups is 1. The topological polar surface area (TPSA) is 80.5 Å². The minimum atomic E-state index is -0.342. The SMILES string of the molecule is Cc1cccc(-c2n[nH]c(=S)n2CC(=O)Nc2cc(C(C)(C)C)nn2-c2ccc(F)cc2)c1. The lowest BCUT2D eigenvalue weighted by molar-refractivity contribution is -0.116. The summed E-state index contributed by atoms with van der Waals surface area (Å²) in [6.07, 6.45) is 0. The van der Waals surface area contributed by atoms with Crippen LogP contribution in [0.5, 0.6) is 0 Å². The van der Waals surface area contributed by atoms with Crippen molar-refractivity contribution < 1.29 is 9.18 Å². The van der Waals surface area contributed by atoms with Crippen LogP contribution in [0, 0.1) is 17.5 Å². The van der Waals surface area contributed by atoms with Crippen molar-refractivity contribution in [1.29, 1.82) is 0 Å². The smallest absolute Gasteiger partial charge is 0.245 e. The number of rotatable bonds is 5. The average Bonchev–Trinajstić information content (AvgIpc) is 3.33. The molecule has 33 heavy (non-hydrogen) atoms. The summed E-state index contributed by atoms with van der Waals surface area (Å²) in [4.78, 5) is 13.1. The van der Waals surface area contributed by atoms with Gasteiger partial charge in [-0.1, -0.05) is 44.5 Å².